The number of rotatable bonds is 6. The Balaban J connectivity index is 2.54. The van der Waals surface area contributed by atoms with Gasteiger partial charge in [0.2, 0.25) is 0 Å². The molecule has 0 aliphatic carbocycles. The summed E-state index contributed by atoms with van der Waals surface area (Å²) in [5, 5.41) is 11.5. The van der Waals surface area contributed by atoms with E-state index >= 15 is 0 Å². The highest BCUT2D eigenvalue weighted by molar-refractivity contribution is 5.85. The van der Waals surface area contributed by atoms with Gasteiger partial charge < -0.3 is 15.3 Å². The number of pyridine rings is 1. The maximum absolute atomic E-state index is 12.0. The predicted octanol–water partition coefficient (Wildman–Crippen LogP) is 2.11. The lowest BCUT2D eigenvalue weighted by atomic mass is 10.1. The van der Waals surface area contributed by atoms with Crippen LogP contribution in [0.3, 0.4) is 0 Å². The number of carbonyl (C=O) groups is 2. The molecule has 0 fully saturated rings. The predicted molar refractivity (Wildman–Crippen MR) is 75.6 cm³/mol. The van der Waals surface area contributed by atoms with E-state index in [2.05, 4.69) is 10.3 Å². The fourth-order valence-corrected chi connectivity index (χ4v) is 1.96. The molecule has 0 radical (unpaired) electrons. The van der Waals surface area contributed by atoms with E-state index < -0.39 is 5.97 Å². The second-order valence-electron chi connectivity index (χ2n) is 4.60. The number of carboxylic acid groups (broad SMARTS) is 1. The molecule has 0 bridgehead atoms. The molecule has 110 valence electrons. The van der Waals surface area contributed by atoms with E-state index in [1.165, 1.54) is 12.3 Å². The molecule has 2 amide bonds. The van der Waals surface area contributed by atoms with Crippen LogP contribution in [0.4, 0.5) is 4.79 Å². The lowest BCUT2D eigenvalue weighted by molar-refractivity contribution is 0.0690. The summed E-state index contributed by atoms with van der Waals surface area (Å²) in [7, 11) is 1.78. The molecule has 1 heterocycles. The molecule has 0 spiro atoms. The van der Waals surface area contributed by atoms with Gasteiger partial charge in [0.25, 0.3) is 0 Å². The van der Waals surface area contributed by atoms with Gasteiger partial charge in [-0.25, -0.2) is 14.6 Å². The van der Waals surface area contributed by atoms with Crippen molar-refractivity contribution in [3.63, 3.8) is 0 Å². The first-order chi connectivity index (χ1) is 9.49. The summed E-state index contributed by atoms with van der Waals surface area (Å²) in [4.78, 5) is 28.1. The molecule has 0 aliphatic rings. The van der Waals surface area contributed by atoms with E-state index in [1.54, 1.807) is 18.0 Å². The number of carbonyl (C=O) groups excluding carboxylic acids is 1. The van der Waals surface area contributed by atoms with Crippen LogP contribution in [0.2, 0.25) is 0 Å². The van der Waals surface area contributed by atoms with Gasteiger partial charge in [0, 0.05) is 25.8 Å². The van der Waals surface area contributed by atoms with Crippen LogP contribution in [0.5, 0.6) is 0 Å². The second-order valence-corrected chi connectivity index (χ2v) is 4.60. The molecular weight excluding hydrogens is 258 g/mol. The van der Waals surface area contributed by atoms with Gasteiger partial charge in [-0.05, 0) is 24.5 Å². The smallest absolute Gasteiger partial charge is 0.354 e. The standard InChI is InChI=1S/C14H21N3O3/c1-4-11(5-2)17(3)14(20)16-9-10-6-7-12(13(18)19)15-8-10/h6-8,11H,4-5,9H2,1-3H3,(H,16,20)(H,18,19). The lowest BCUT2D eigenvalue weighted by Gasteiger charge is -2.26. The number of nitrogens with zero attached hydrogens (tertiary/aromatic N) is 2. The average Bonchev–Trinajstić information content (AvgIpc) is 2.46. The van der Waals surface area contributed by atoms with Gasteiger partial charge >= 0.3 is 12.0 Å². The third-order valence-electron chi connectivity index (χ3n) is 3.30. The quantitative estimate of drug-likeness (QED) is 0.835. The number of carboxylic acids is 1. The van der Waals surface area contributed by atoms with Gasteiger partial charge in [-0.1, -0.05) is 19.9 Å². The molecule has 6 nitrogen and oxygen atoms in total. The normalized spacial score (nSPS) is 10.4. The van der Waals surface area contributed by atoms with E-state index in [9.17, 15) is 9.59 Å². The highest BCUT2D eigenvalue weighted by Crippen LogP contribution is 2.06. The highest BCUT2D eigenvalue weighted by Gasteiger charge is 2.16. The zero-order valence-corrected chi connectivity index (χ0v) is 12.1. The van der Waals surface area contributed by atoms with Gasteiger partial charge in [-0.3, -0.25) is 0 Å². The Hall–Kier alpha value is -2.11. The number of nitrogens with one attached hydrogen (secondary N) is 1. The fraction of sp³-hybridized carbons (Fsp3) is 0.500. The molecule has 0 atom stereocenters. The van der Waals surface area contributed by atoms with Crippen LogP contribution in [0, 0.1) is 0 Å². The summed E-state index contributed by atoms with van der Waals surface area (Å²) >= 11 is 0. The van der Waals surface area contributed by atoms with E-state index in [0.29, 0.717) is 6.54 Å². The monoisotopic (exact) mass is 279 g/mol. The summed E-state index contributed by atoms with van der Waals surface area (Å²) in [5.41, 5.74) is 0.760. The van der Waals surface area contributed by atoms with Gasteiger partial charge in [0.1, 0.15) is 5.69 Å². The number of urea groups is 1. The minimum Gasteiger partial charge on any atom is -0.477 e. The van der Waals surface area contributed by atoms with Crippen molar-refractivity contribution in [1.29, 1.82) is 0 Å². The molecule has 1 aromatic rings. The average molecular weight is 279 g/mol. The summed E-state index contributed by atoms with van der Waals surface area (Å²) in [6.07, 6.45) is 3.28. The van der Waals surface area contributed by atoms with Crippen molar-refractivity contribution in [3.05, 3.63) is 29.6 Å². The topological polar surface area (TPSA) is 82.5 Å². The van der Waals surface area contributed by atoms with Gasteiger partial charge in [-0.2, -0.15) is 0 Å². The van der Waals surface area contributed by atoms with E-state index in [0.717, 1.165) is 18.4 Å². The summed E-state index contributed by atoms with van der Waals surface area (Å²) < 4.78 is 0. The van der Waals surface area contributed by atoms with Crippen molar-refractivity contribution in [1.82, 2.24) is 15.2 Å². The van der Waals surface area contributed by atoms with Gasteiger partial charge in [0.05, 0.1) is 0 Å². The first-order valence-electron chi connectivity index (χ1n) is 6.68. The Kier molecular flexibility index (Phi) is 5.96. The van der Waals surface area contributed by atoms with Crippen molar-refractivity contribution in [2.45, 2.75) is 39.3 Å². The summed E-state index contributed by atoms with van der Waals surface area (Å²) in [6.45, 7) is 4.43. The molecule has 6 heteroatoms. The number of amides is 2. The van der Waals surface area contributed by atoms with E-state index in [4.69, 9.17) is 5.11 Å². The maximum Gasteiger partial charge on any atom is 0.354 e. The van der Waals surface area contributed by atoms with Crippen LogP contribution in [-0.4, -0.2) is 40.1 Å². The van der Waals surface area contributed by atoms with Crippen LogP contribution in [0.15, 0.2) is 18.3 Å². The Labute approximate surface area is 118 Å². The molecule has 2 N–H and O–H groups in total. The largest absolute Gasteiger partial charge is 0.477 e. The van der Waals surface area contributed by atoms with Crippen LogP contribution in [0.1, 0.15) is 42.7 Å². The van der Waals surface area contributed by atoms with Gasteiger partial charge in [0.15, 0.2) is 0 Å². The van der Waals surface area contributed by atoms with E-state index in [-0.39, 0.29) is 17.8 Å². The van der Waals surface area contributed by atoms with Crippen LogP contribution in [0.25, 0.3) is 0 Å². The van der Waals surface area contributed by atoms with Crippen molar-refractivity contribution < 1.29 is 14.7 Å². The Morgan fingerprint density at radius 2 is 2.00 bits per heavy atom. The molecule has 0 unspecified atom stereocenters. The number of hydrogen-bond donors (Lipinski definition) is 2. The Morgan fingerprint density at radius 1 is 1.35 bits per heavy atom. The van der Waals surface area contributed by atoms with Crippen molar-refractivity contribution in [2.75, 3.05) is 7.05 Å². The first kappa shape index (κ1) is 15.9. The minimum absolute atomic E-state index is 0.00535. The molecule has 0 aliphatic heterocycles. The molecule has 0 saturated heterocycles. The van der Waals surface area contributed by atoms with Crippen molar-refractivity contribution >= 4 is 12.0 Å². The maximum atomic E-state index is 12.0. The zero-order valence-electron chi connectivity index (χ0n) is 12.1. The van der Waals surface area contributed by atoms with Crippen molar-refractivity contribution in [3.8, 4) is 0 Å². The SMILES string of the molecule is CCC(CC)N(C)C(=O)NCc1ccc(C(=O)O)nc1. The highest BCUT2D eigenvalue weighted by atomic mass is 16.4. The van der Waals surface area contributed by atoms with Gasteiger partial charge in [-0.15, -0.1) is 0 Å². The van der Waals surface area contributed by atoms with Crippen molar-refractivity contribution in [2.24, 2.45) is 0 Å². The zero-order chi connectivity index (χ0) is 15.1. The molecular formula is C14H21N3O3. The lowest BCUT2D eigenvalue weighted by Crippen LogP contribution is -2.42. The molecule has 0 saturated carbocycles. The Bertz CT molecular complexity index is 455. The number of hydrogen-bond acceptors (Lipinski definition) is 3. The number of aromatic carboxylic acids is 1. The van der Waals surface area contributed by atoms with E-state index in [1.807, 2.05) is 13.8 Å². The first-order valence-corrected chi connectivity index (χ1v) is 6.68. The third-order valence-corrected chi connectivity index (χ3v) is 3.30. The molecule has 1 rings (SSSR count). The third kappa shape index (κ3) is 4.22. The van der Waals surface area contributed by atoms with Crippen LogP contribution < -0.4 is 5.32 Å². The van der Waals surface area contributed by atoms with Crippen LogP contribution in [-0.2, 0) is 6.54 Å². The summed E-state index contributed by atoms with van der Waals surface area (Å²) in [5.74, 6) is -1.06. The minimum atomic E-state index is -1.06. The molecule has 0 aromatic carbocycles. The Morgan fingerprint density at radius 3 is 2.45 bits per heavy atom. The fourth-order valence-electron chi connectivity index (χ4n) is 1.96. The van der Waals surface area contributed by atoms with Crippen LogP contribution >= 0.6 is 0 Å². The molecule has 1 aromatic heterocycles. The number of aromatic nitrogens is 1. The second kappa shape index (κ2) is 7.47. The molecule has 20 heavy (non-hydrogen) atoms. The summed E-state index contributed by atoms with van der Waals surface area (Å²) in [6, 6.07) is 3.16.